The normalized spacial score (nSPS) is 17.2. The molecular weight excluding hydrogens is 695 g/mol. The van der Waals surface area contributed by atoms with Gasteiger partial charge in [0.2, 0.25) is 0 Å². The number of carboxylic acid groups (broad SMARTS) is 1. The van der Waals surface area contributed by atoms with Gasteiger partial charge in [-0.3, -0.25) is 9.98 Å². The summed E-state index contributed by atoms with van der Waals surface area (Å²) in [6.07, 6.45) is 14.9. The van der Waals surface area contributed by atoms with Gasteiger partial charge in [-0.2, -0.15) is 0 Å². The van der Waals surface area contributed by atoms with E-state index in [1.807, 2.05) is 12.4 Å². The van der Waals surface area contributed by atoms with Crippen LogP contribution < -0.4 is 0 Å². The monoisotopic (exact) mass is 765 g/mol. The third-order valence-electron chi connectivity index (χ3n) is 10.4. The Kier molecular flexibility index (Phi) is 18.3. The Labute approximate surface area is 326 Å². The number of aliphatic hydroxyl groups excluding tert-OH is 1. The van der Waals surface area contributed by atoms with Crippen LogP contribution in [0.25, 0.3) is 0 Å². The minimum atomic E-state index is -1.19. The third kappa shape index (κ3) is 13.6. The standard InChI is InChI=1S/C42H66N2O2.C2H4O3.Co/c1-13-15-21-41(9,10)31-23-29(37(45)33(25-31)39(3,4)5)27-43-35-19-17-18-20-36(35)44-28-30-24-32(42(11,12)22-16-14-2)26-34(38(30)46)40(6,7)8;3-1-2(4)5;/h23-28,35-36,45-46H,13-22H2,1-12H3;3H,1H2,(H,4,5);. The molecule has 4 N–H and O–H groups in total. The van der Waals surface area contributed by atoms with E-state index in [0.29, 0.717) is 11.5 Å². The molecule has 1 saturated carbocycles. The predicted octanol–water partition coefficient (Wildman–Crippen LogP) is 10.5. The molecule has 0 aromatic heterocycles. The van der Waals surface area contributed by atoms with E-state index in [1.54, 1.807) is 0 Å². The van der Waals surface area contributed by atoms with Gasteiger partial charge < -0.3 is 20.4 Å². The minimum absolute atomic E-state index is 0. The van der Waals surface area contributed by atoms with E-state index in [1.165, 1.54) is 36.8 Å². The Morgan fingerprint density at radius 2 is 1.02 bits per heavy atom. The van der Waals surface area contributed by atoms with E-state index in [9.17, 15) is 10.2 Å². The fourth-order valence-electron chi connectivity index (χ4n) is 6.75. The predicted molar refractivity (Wildman–Crippen MR) is 215 cm³/mol. The number of benzene rings is 2. The number of aliphatic hydroxyl groups is 1. The molecule has 0 aliphatic heterocycles. The van der Waals surface area contributed by atoms with Crippen LogP contribution >= 0.6 is 0 Å². The first-order valence-electron chi connectivity index (χ1n) is 19.2. The molecule has 52 heavy (non-hydrogen) atoms. The number of aliphatic imine (C=N–C) groups is 2. The molecule has 1 aliphatic rings. The molecule has 2 unspecified atom stereocenters. The molecule has 295 valence electrons. The second-order valence-corrected chi connectivity index (χ2v) is 17.9. The van der Waals surface area contributed by atoms with E-state index >= 15 is 0 Å². The Hall–Kier alpha value is -2.68. The number of carbonyl (C=O) groups is 1. The summed E-state index contributed by atoms with van der Waals surface area (Å²) in [7, 11) is 0. The molecule has 0 saturated heterocycles. The van der Waals surface area contributed by atoms with Gasteiger partial charge in [0.05, 0.1) is 12.1 Å². The Morgan fingerprint density at radius 3 is 1.29 bits per heavy atom. The fourth-order valence-corrected chi connectivity index (χ4v) is 6.75. The van der Waals surface area contributed by atoms with Crippen LogP contribution in [-0.4, -0.2) is 57.5 Å². The number of unbranched alkanes of at least 4 members (excludes halogenated alkanes) is 2. The van der Waals surface area contributed by atoms with Gasteiger partial charge in [-0.1, -0.05) is 134 Å². The topological polar surface area (TPSA) is 123 Å². The summed E-state index contributed by atoms with van der Waals surface area (Å²) < 4.78 is 0. The molecule has 0 spiro atoms. The Balaban J connectivity index is 0.00000210. The summed E-state index contributed by atoms with van der Waals surface area (Å²) in [5, 5.41) is 37.9. The summed E-state index contributed by atoms with van der Waals surface area (Å²) in [6, 6.07) is 8.81. The van der Waals surface area contributed by atoms with Crippen molar-refractivity contribution in [3.8, 4) is 11.5 Å². The van der Waals surface area contributed by atoms with Gasteiger partial charge in [0.25, 0.3) is 0 Å². The average Bonchev–Trinajstić information content (AvgIpc) is 3.04. The van der Waals surface area contributed by atoms with Gasteiger partial charge in [0.1, 0.15) is 18.1 Å². The van der Waals surface area contributed by atoms with Crippen molar-refractivity contribution in [3.05, 3.63) is 57.6 Å². The maximum absolute atomic E-state index is 11.5. The first-order valence-corrected chi connectivity index (χ1v) is 19.2. The van der Waals surface area contributed by atoms with E-state index in [-0.39, 0.29) is 50.5 Å². The average molecular weight is 766 g/mol. The third-order valence-corrected chi connectivity index (χ3v) is 10.4. The van der Waals surface area contributed by atoms with E-state index in [2.05, 4.69) is 107 Å². The SMILES string of the molecule is CCCCC(C)(C)c1cc(C=NC2CCCCC2N=Cc2cc(C(C)(C)CCCC)cc(C(C)(C)C)c2O)c(O)c(C(C)(C)C)c1.O=C(O)CO.[Co]. The number of hydrogen-bond acceptors (Lipinski definition) is 6. The van der Waals surface area contributed by atoms with Gasteiger partial charge in [-0.15, -0.1) is 0 Å². The number of aromatic hydroxyl groups is 2. The van der Waals surface area contributed by atoms with Crippen LogP contribution in [0.3, 0.4) is 0 Å². The summed E-state index contributed by atoms with van der Waals surface area (Å²) in [5.74, 6) is -0.515. The van der Waals surface area contributed by atoms with E-state index < -0.39 is 12.6 Å². The molecule has 2 aromatic carbocycles. The van der Waals surface area contributed by atoms with Gasteiger partial charge in [0, 0.05) is 51.5 Å². The molecule has 1 aliphatic carbocycles. The quantitative estimate of drug-likeness (QED) is 0.151. The largest absolute Gasteiger partial charge is 0.507 e. The van der Waals surface area contributed by atoms with Gasteiger partial charge >= 0.3 is 5.97 Å². The van der Waals surface area contributed by atoms with Crippen LogP contribution in [0.15, 0.2) is 34.3 Å². The molecule has 3 rings (SSSR count). The van der Waals surface area contributed by atoms with Crippen LogP contribution in [0.2, 0.25) is 0 Å². The van der Waals surface area contributed by atoms with Crippen molar-refractivity contribution in [3.63, 3.8) is 0 Å². The van der Waals surface area contributed by atoms with Crippen molar-refractivity contribution in [1.29, 1.82) is 0 Å². The summed E-state index contributed by atoms with van der Waals surface area (Å²) in [6.45, 7) is 25.9. The van der Waals surface area contributed by atoms with Crippen molar-refractivity contribution in [2.45, 2.75) is 181 Å². The van der Waals surface area contributed by atoms with Crippen LogP contribution in [0, 0.1) is 0 Å². The Bertz CT molecular complexity index is 1390. The number of aliphatic carboxylic acids is 1. The fraction of sp³-hybridized carbons (Fsp3) is 0.659. The molecule has 2 atom stereocenters. The second kappa shape index (κ2) is 20.1. The summed E-state index contributed by atoms with van der Waals surface area (Å²) in [5.41, 5.74) is 5.72. The van der Waals surface area contributed by atoms with Crippen LogP contribution in [0.5, 0.6) is 11.5 Å². The van der Waals surface area contributed by atoms with Gasteiger partial charge in [-0.05, 0) is 70.6 Å². The first kappa shape index (κ1) is 47.3. The van der Waals surface area contributed by atoms with E-state index in [0.717, 1.165) is 60.8 Å². The molecule has 1 fully saturated rings. The number of phenolic OH excluding ortho intramolecular Hbond substituents is 2. The molecular formula is C44H70CoN2O5. The number of rotatable bonds is 13. The molecule has 1 radical (unpaired) electrons. The molecule has 0 amide bonds. The van der Waals surface area contributed by atoms with Crippen molar-refractivity contribution < 1.29 is 42.0 Å². The van der Waals surface area contributed by atoms with Gasteiger partial charge in [-0.25, -0.2) is 4.79 Å². The van der Waals surface area contributed by atoms with E-state index in [4.69, 9.17) is 25.0 Å². The molecule has 0 bridgehead atoms. The van der Waals surface area contributed by atoms with Crippen molar-refractivity contribution >= 4 is 18.4 Å². The maximum Gasteiger partial charge on any atom is 0.329 e. The minimum Gasteiger partial charge on any atom is -0.507 e. The van der Waals surface area contributed by atoms with Crippen LogP contribution in [0.1, 0.15) is 181 Å². The summed E-state index contributed by atoms with van der Waals surface area (Å²) in [4.78, 5) is 19.4. The van der Waals surface area contributed by atoms with Crippen molar-refractivity contribution in [2.24, 2.45) is 9.98 Å². The zero-order chi connectivity index (χ0) is 38.8. The summed E-state index contributed by atoms with van der Waals surface area (Å²) >= 11 is 0. The number of phenols is 2. The molecule has 2 aromatic rings. The zero-order valence-corrected chi connectivity index (χ0v) is 35.4. The number of nitrogens with zero attached hydrogens (tertiary/aromatic N) is 2. The van der Waals surface area contributed by atoms with Crippen LogP contribution in [-0.2, 0) is 43.2 Å². The number of carboxylic acids is 1. The van der Waals surface area contributed by atoms with Gasteiger partial charge in [0.15, 0.2) is 0 Å². The number of hydrogen-bond donors (Lipinski definition) is 4. The molecule has 8 heteroatoms. The van der Waals surface area contributed by atoms with Crippen molar-refractivity contribution in [1.82, 2.24) is 0 Å². The van der Waals surface area contributed by atoms with Crippen LogP contribution in [0.4, 0.5) is 0 Å². The first-order chi connectivity index (χ1) is 23.6. The smallest absolute Gasteiger partial charge is 0.329 e. The zero-order valence-electron chi connectivity index (χ0n) is 34.3. The molecule has 0 heterocycles. The second-order valence-electron chi connectivity index (χ2n) is 17.9. The molecule has 7 nitrogen and oxygen atoms in total. The van der Waals surface area contributed by atoms with Crippen molar-refractivity contribution in [2.75, 3.05) is 6.61 Å². The maximum atomic E-state index is 11.5. The Morgan fingerprint density at radius 1 is 0.692 bits per heavy atom.